The predicted octanol–water partition coefficient (Wildman–Crippen LogP) is 1.18. The summed E-state index contributed by atoms with van der Waals surface area (Å²) >= 11 is 0. The lowest BCUT2D eigenvalue weighted by Crippen LogP contribution is -2.29. The summed E-state index contributed by atoms with van der Waals surface area (Å²) in [4.78, 5) is 15.5. The van der Waals surface area contributed by atoms with Crippen LogP contribution in [0.3, 0.4) is 0 Å². The number of hydrogen-bond acceptors (Lipinski definition) is 3. The van der Waals surface area contributed by atoms with Gasteiger partial charge in [0, 0.05) is 31.7 Å². The molecule has 6 heteroatoms. The number of carbonyl (C=O) groups is 1. The van der Waals surface area contributed by atoms with Crippen molar-refractivity contribution in [2.24, 2.45) is 5.11 Å². The first kappa shape index (κ1) is 12.7. The molecular weight excluding hydrogens is 184 g/mol. The second-order valence-electron chi connectivity index (χ2n) is 2.72. The van der Waals surface area contributed by atoms with Crippen LogP contribution in [0.5, 0.6) is 0 Å². The number of carbonyl (C=O) groups excluding carboxylic acids is 1. The van der Waals surface area contributed by atoms with E-state index in [1.807, 2.05) is 6.92 Å². The number of nitrogens with zero attached hydrogens (tertiary/aromatic N) is 4. The van der Waals surface area contributed by atoms with Crippen molar-refractivity contribution < 1.29 is 9.53 Å². The third-order valence-electron chi connectivity index (χ3n) is 1.69. The highest BCUT2D eigenvalue weighted by atomic mass is 16.5. The summed E-state index contributed by atoms with van der Waals surface area (Å²) in [7, 11) is 1.68. The second kappa shape index (κ2) is 8.34. The molecule has 1 amide bonds. The molecular formula is C8H16N4O2. The zero-order chi connectivity index (χ0) is 10.8. The molecule has 0 rings (SSSR count). The fourth-order valence-corrected chi connectivity index (χ4v) is 0.859. The van der Waals surface area contributed by atoms with Gasteiger partial charge in [0.15, 0.2) is 0 Å². The molecule has 0 saturated carbocycles. The number of azide groups is 1. The Morgan fingerprint density at radius 1 is 1.64 bits per heavy atom. The minimum absolute atomic E-state index is 0.00610. The largest absolute Gasteiger partial charge is 0.381 e. The van der Waals surface area contributed by atoms with Gasteiger partial charge in [0.05, 0.1) is 13.0 Å². The monoisotopic (exact) mass is 200 g/mol. The summed E-state index contributed by atoms with van der Waals surface area (Å²) in [6.45, 7) is 3.72. The Balaban J connectivity index is 3.59. The van der Waals surface area contributed by atoms with Gasteiger partial charge in [-0.2, -0.15) is 0 Å². The van der Waals surface area contributed by atoms with Gasteiger partial charge in [0.1, 0.15) is 0 Å². The van der Waals surface area contributed by atoms with Crippen molar-refractivity contribution in [3.05, 3.63) is 10.4 Å². The zero-order valence-corrected chi connectivity index (χ0v) is 8.64. The van der Waals surface area contributed by atoms with E-state index in [0.717, 1.165) is 0 Å². The van der Waals surface area contributed by atoms with E-state index in [1.165, 1.54) is 4.90 Å². The van der Waals surface area contributed by atoms with Gasteiger partial charge in [0.25, 0.3) is 0 Å². The molecule has 0 aromatic carbocycles. The molecule has 0 aliphatic carbocycles. The Kier molecular flexibility index (Phi) is 7.59. The van der Waals surface area contributed by atoms with Gasteiger partial charge in [-0.25, -0.2) is 0 Å². The molecule has 0 radical (unpaired) electrons. The van der Waals surface area contributed by atoms with E-state index in [1.54, 1.807) is 7.05 Å². The van der Waals surface area contributed by atoms with Crippen molar-refractivity contribution in [1.29, 1.82) is 0 Å². The number of amides is 1. The van der Waals surface area contributed by atoms with Crippen LogP contribution >= 0.6 is 0 Å². The molecule has 0 aromatic heterocycles. The molecule has 0 aromatic rings. The van der Waals surface area contributed by atoms with E-state index < -0.39 is 0 Å². The van der Waals surface area contributed by atoms with Crippen LogP contribution < -0.4 is 0 Å². The van der Waals surface area contributed by atoms with E-state index in [0.29, 0.717) is 32.7 Å². The molecule has 0 fully saturated rings. The van der Waals surface area contributed by atoms with Crippen LogP contribution in [0.25, 0.3) is 10.4 Å². The standard InChI is InChI=1S/C8H16N4O2/c1-3-14-7-4-8(13)12(2)6-5-10-11-9/h3-7H2,1-2H3. The number of likely N-dealkylation sites (N-methyl/N-ethyl adjacent to an activating group) is 1. The molecule has 0 saturated heterocycles. The Labute approximate surface area is 83.5 Å². The summed E-state index contributed by atoms with van der Waals surface area (Å²) < 4.78 is 5.05. The van der Waals surface area contributed by atoms with Crippen molar-refractivity contribution in [1.82, 2.24) is 4.90 Å². The fourth-order valence-electron chi connectivity index (χ4n) is 0.859. The molecule has 14 heavy (non-hydrogen) atoms. The first-order chi connectivity index (χ1) is 6.72. The third kappa shape index (κ3) is 6.28. The molecule has 0 N–H and O–H groups in total. The Hall–Kier alpha value is -1.26. The second-order valence-corrected chi connectivity index (χ2v) is 2.72. The Bertz CT molecular complexity index is 213. The molecule has 0 heterocycles. The van der Waals surface area contributed by atoms with Gasteiger partial charge >= 0.3 is 0 Å². The van der Waals surface area contributed by atoms with Crippen molar-refractivity contribution in [2.45, 2.75) is 13.3 Å². The highest BCUT2D eigenvalue weighted by Crippen LogP contribution is 1.92. The Morgan fingerprint density at radius 2 is 2.36 bits per heavy atom. The maximum atomic E-state index is 11.3. The molecule has 0 unspecified atom stereocenters. The fraction of sp³-hybridized carbons (Fsp3) is 0.875. The van der Waals surface area contributed by atoms with Crippen LogP contribution in [0.2, 0.25) is 0 Å². The van der Waals surface area contributed by atoms with Gasteiger partial charge in [0.2, 0.25) is 5.91 Å². The van der Waals surface area contributed by atoms with Gasteiger partial charge in [-0.05, 0) is 12.5 Å². The topological polar surface area (TPSA) is 78.3 Å². The average Bonchev–Trinajstić information content (AvgIpc) is 2.18. The van der Waals surface area contributed by atoms with Gasteiger partial charge in [-0.3, -0.25) is 4.79 Å². The SMILES string of the molecule is CCOCCC(=O)N(C)CCN=[N+]=[N-]. The summed E-state index contributed by atoms with van der Waals surface area (Å²) in [5.74, 6) is 0.00610. The first-order valence-corrected chi connectivity index (χ1v) is 4.55. The van der Waals surface area contributed by atoms with E-state index >= 15 is 0 Å². The minimum Gasteiger partial charge on any atom is -0.381 e. The molecule has 6 nitrogen and oxygen atoms in total. The van der Waals surface area contributed by atoms with E-state index in [-0.39, 0.29) is 5.91 Å². The van der Waals surface area contributed by atoms with Crippen molar-refractivity contribution in [3.63, 3.8) is 0 Å². The first-order valence-electron chi connectivity index (χ1n) is 4.55. The third-order valence-corrected chi connectivity index (χ3v) is 1.69. The van der Waals surface area contributed by atoms with Crippen molar-refractivity contribution in [3.8, 4) is 0 Å². The van der Waals surface area contributed by atoms with Crippen molar-refractivity contribution >= 4 is 5.91 Å². The maximum absolute atomic E-state index is 11.3. The summed E-state index contributed by atoms with van der Waals surface area (Å²) in [6.07, 6.45) is 0.376. The average molecular weight is 200 g/mol. The van der Waals surface area contributed by atoms with Crippen LogP contribution in [-0.4, -0.2) is 44.2 Å². The number of hydrogen-bond donors (Lipinski definition) is 0. The predicted molar refractivity (Wildman–Crippen MR) is 52.8 cm³/mol. The van der Waals surface area contributed by atoms with Gasteiger partial charge < -0.3 is 9.64 Å². The molecule has 0 spiro atoms. The van der Waals surface area contributed by atoms with Crippen LogP contribution in [0, 0.1) is 0 Å². The lowest BCUT2D eigenvalue weighted by atomic mass is 10.4. The molecule has 80 valence electrons. The highest BCUT2D eigenvalue weighted by molar-refractivity contribution is 5.75. The van der Waals surface area contributed by atoms with Crippen LogP contribution in [0.15, 0.2) is 5.11 Å². The minimum atomic E-state index is 0.00610. The quantitative estimate of drug-likeness (QED) is 0.268. The number of ether oxygens (including phenoxy) is 1. The Morgan fingerprint density at radius 3 is 2.93 bits per heavy atom. The van der Waals surface area contributed by atoms with Gasteiger partial charge in [-0.1, -0.05) is 5.11 Å². The smallest absolute Gasteiger partial charge is 0.224 e. The maximum Gasteiger partial charge on any atom is 0.224 e. The molecule has 0 atom stereocenters. The summed E-state index contributed by atoms with van der Waals surface area (Å²) in [5.41, 5.74) is 8.03. The lowest BCUT2D eigenvalue weighted by molar-refractivity contribution is -0.130. The van der Waals surface area contributed by atoms with Crippen LogP contribution in [-0.2, 0) is 9.53 Å². The number of rotatable bonds is 7. The van der Waals surface area contributed by atoms with Gasteiger partial charge in [-0.15, -0.1) is 0 Å². The van der Waals surface area contributed by atoms with Crippen molar-refractivity contribution in [2.75, 3.05) is 33.4 Å². The van der Waals surface area contributed by atoms with E-state index in [4.69, 9.17) is 10.3 Å². The molecule has 0 aliphatic rings. The highest BCUT2D eigenvalue weighted by Gasteiger charge is 2.06. The van der Waals surface area contributed by atoms with E-state index in [9.17, 15) is 4.79 Å². The molecule has 0 bridgehead atoms. The molecule has 0 aliphatic heterocycles. The zero-order valence-electron chi connectivity index (χ0n) is 8.64. The summed E-state index contributed by atoms with van der Waals surface area (Å²) in [5, 5.41) is 3.35. The normalized spacial score (nSPS) is 9.29. The van der Waals surface area contributed by atoms with Crippen LogP contribution in [0.4, 0.5) is 0 Å². The van der Waals surface area contributed by atoms with Crippen LogP contribution in [0.1, 0.15) is 13.3 Å². The van der Waals surface area contributed by atoms with E-state index in [2.05, 4.69) is 10.0 Å². The lowest BCUT2D eigenvalue weighted by Gasteiger charge is -2.15. The summed E-state index contributed by atoms with van der Waals surface area (Å²) in [6, 6.07) is 0.